The lowest BCUT2D eigenvalue weighted by Gasteiger charge is -2.22. The number of nitrogens with zero attached hydrogens (tertiary/aromatic N) is 3. The molecular formula is C13H18N4. The van der Waals surface area contributed by atoms with E-state index in [0.29, 0.717) is 5.92 Å². The zero-order valence-corrected chi connectivity index (χ0v) is 10.2. The molecule has 0 aromatic carbocycles. The summed E-state index contributed by atoms with van der Waals surface area (Å²) in [6.07, 6.45) is 7.61. The molecule has 4 heteroatoms. The molecule has 1 aliphatic rings. The molecule has 0 saturated carbocycles. The highest BCUT2D eigenvalue weighted by Gasteiger charge is 2.16. The topological polar surface area (TPSA) is 42.2 Å². The second-order valence-corrected chi connectivity index (χ2v) is 4.72. The second kappa shape index (κ2) is 4.45. The van der Waals surface area contributed by atoms with Crippen LogP contribution in [0.4, 0.5) is 0 Å². The van der Waals surface area contributed by atoms with Crippen molar-refractivity contribution in [2.75, 3.05) is 13.1 Å². The molecule has 1 unspecified atom stereocenters. The molecule has 0 amide bonds. The van der Waals surface area contributed by atoms with Gasteiger partial charge in [0.15, 0.2) is 5.65 Å². The molecular weight excluding hydrogens is 212 g/mol. The standard InChI is InChI=1S/C13H18N4/c1-2-12-6-13-15-8-11(9-17(13)16-12)10-4-3-5-14-7-10/h6,8-10,14H,2-5,7H2,1H3. The van der Waals surface area contributed by atoms with Crippen molar-refractivity contribution in [2.45, 2.75) is 32.1 Å². The average Bonchev–Trinajstić information content (AvgIpc) is 2.81. The quantitative estimate of drug-likeness (QED) is 0.854. The number of fused-ring (bicyclic) bond motifs is 1. The first-order valence-corrected chi connectivity index (χ1v) is 6.41. The van der Waals surface area contributed by atoms with Crippen LogP contribution in [0.1, 0.15) is 36.9 Å². The van der Waals surface area contributed by atoms with Gasteiger partial charge >= 0.3 is 0 Å². The van der Waals surface area contributed by atoms with E-state index >= 15 is 0 Å². The summed E-state index contributed by atoms with van der Waals surface area (Å²) in [6.45, 7) is 4.33. The van der Waals surface area contributed by atoms with E-state index in [-0.39, 0.29) is 0 Å². The van der Waals surface area contributed by atoms with Crippen LogP contribution in [0.2, 0.25) is 0 Å². The summed E-state index contributed by atoms with van der Waals surface area (Å²) < 4.78 is 1.92. The minimum Gasteiger partial charge on any atom is -0.316 e. The van der Waals surface area contributed by atoms with Gasteiger partial charge in [-0.15, -0.1) is 0 Å². The molecule has 1 fully saturated rings. The first-order valence-electron chi connectivity index (χ1n) is 6.41. The predicted octanol–water partition coefficient (Wildman–Crippen LogP) is 1.76. The second-order valence-electron chi connectivity index (χ2n) is 4.72. The monoisotopic (exact) mass is 230 g/mol. The van der Waals surface area contributed by atoms with Crippen molar-refractivity contribution in [3.8, 4) is 0 Å². The lowest BCUT2D eigenvalue weighted by atomic mass is 9.94. The molecule has 3 rings (SSSR count). The van der Waals surface area contributed by atoms with Gasteiger partial charge in [0.2, 0.25) is 0 Å². The molecule has 1 saturated heterocycles. The molecule has 0 aliphatic carbocycles. The number of aryl methyl sites for hydroxylation is 1. The summed E-state index contributed by atoms with van der Waals surface area (Å²) in [7, 11) is 0. The summed E-state index contributed by atoms with van der Waals surface area (Å²) in [5.74, 6) is 0.593. The van der Waals surface area contributed by atoms with E-state index in [4.69, 9.17) is 0 Å². The smallest absolute Gasteiger partial charge is 0.155 e. The summed E-state index contributed by atoms with van der Waals surface area (Å²) in [5.41, 5.74) is 3.36. The molecule has 1 atom stereocenters. The molecule has 2 aromatic heterocycles. The fraction of sp³-hybridized carbons (Fsp3) is 0.538. The number of piperidine rings is 1. The molecule has 4 nitrogen and oxygen atoms in total. The predicted molar refractivity (Wildman–Crippen MR) is 67.2 cm³/mol. The highest BCUT2D eigenvalue weighted by molar-refractivity contribution is 5.39. The van der Waals surface area contributed by atoms with Crippen molar-refractivity contribution in [3.05, 3.63) is 29.7 Å². The van der Waals surface area contributed by atoms with Crippen molar-refractivity contribution in [1.29, 1.82) is 0 Å². The van der Waals surface area contributed by atoms with Crippen molar-refractivity contribution in [2.24, 2.45) is 0 Å². The normalized spacial score (nSPS) is 20.9. The molecule has 0 radical (unpaired) electrons. The van der Waals surface area contributed by atoms with Gasteiger partial charge in [0.25, 0.3) is 0 Å². The van der Waals surface area contributed by atoms with Gasteiger partial charge in [0.05, 0.1) is 5.69 Å². The number of aromatic nitrogens is 3. The minimum atomic E-state index is 0.593. The molecule has 1 N–H and O–H groups in total. The number of rotatable bonds is 2. The van der Waals surface area contributed by atoms with Crippen molar-refractivity contribution >= 4 is 5.65 Å². The van der Waals surface area contributed by atoms with Gasteiger partial charge in [-0.1, -0.05) is 6.92 Å². The maximum Gasteiger partial charge on any atom is 0.155 e. The van der Waals surface area contributed by atoms with E-state index < -0.39 is 0 Å². The lowest BCUT2D eigenvalue weighted by molar-refractivity contribution is 0.459. The maximum atomic E-state index is 4.52. The molecule has 3 heterocycles. The number of hydrogen-bond acceptors (Lipinski definition) is 3. The van der Waals surface area contributed by atoms with Crippen LogP contribution in [0.15, 0.2) is 18.5 Å². The first kappa shape index (κ1) is 10.7. The Bertz CT molecular complexity index is 511. The third-order valence-corrected chi connectivity index (χ3v) is 3.51. The summed E-state index contributed by atoms with van der Waals surface area (Å²) >= 11 is 0. The summed E-state index contributed by atoms with van der Waals surface area (Å²) in [5, 5.41) is 7.96. The number of nitrogens with one attached hydrogen (secondary N) is 1. The van der Waals surface area contributed by atoms with E-state index in [1.165, 1.54) is 18.4 Å². The molecule has 0 spiro atoms. The molecule has 90 valence electrons. The SMILES string of the molecule is CCc1cc2ncc(C3CCCNC3)cn2n1. The van der Waals surface area contributed by atoms with Crippen molar-refractivity contribution < 1.29 is 0 Å². The Morgan fingerprint density at radius 3 is 3.24 bits per heavy atom. The Labute approximate surface area is 101 Å². The Hall–Kier alpha value is -1.42. The highest BCUT2D eigenvalue weighted by Crippen LogP contribution is 2.22. The van der Waals surface area contributed by atoms with Gasteiger partial charge in [-0.25, -0.2) is 9.50 Å². The summed E-state index contributed by atoms with van der Waals surface area (Å²) in [4.78, 5) is 4.50. The van der Waals surface area contributed by atoms with Gasteiger partial charge in [-0.05, 0) is 37.3 Å². The van der Waals surface area contributed by atoms with Gasteiger partial charge in [0.1, 0.15) is 0 Å². The van der Waals surface area contributed by atoms with Crippen LogP contribution in [0.3, 0.4) is 0 Å². The molecule has 17 heavy (non-hydrogen) atoms. The third-order valence-electron chi connectivity index (χ3n) is 3.51. The van der Waals surface area contributed by atoms with E-state index in [0.717, 1.165) is 30.9 Å². The van der Waals surface area contributed by atoms with Crippen LogP contribution in [-0.2, 0) is 6.42 Å². The Kier molecular flexibility index (Phi) is 2.81. The number of hydrogen-bond donors (Lipinski definition) is 1. The third kappa shape index (κ3) is 2.05. The fourth-order valence-electron chi connectivity index (χ4n) is 2.46. The average molecular weight is 230 g/mol. The van der Waals surface area contributed by atoms with Crippen LogP contribution < -0.4 is 5.32 Å². The van der Waals surface area contributed by atoms with Gasteiger partial charge < -0.3 is 5.32 Å². The highest BCUT2D eigenvalue weighted by atomic mass is 15.2. The van der Waals surface area contributed by atoms with E-state index in [9.17, 15) is 0 Å². The van der Waals surface area contributed by atoms with Crippen LogP contribution in [-0.4, -0.2) is 27.7 Å². The van der Waals surface area contributed by atoms with Crippen LogP contribution in [0, 0.1) is 0 Å². The zero-order chi connectivity index (χ0) is 11.7. The van der Waals surface area contributed by atoms with Crippen LogP contribution in [0.25, 0.3) is 5.65 Å². The van der Waals surface area contributed by atoms with E-state index in [1.54, 1.807) is 0 Å². The zero-order valence-electron chi connectivity index (χ0n) is 10.2. The van der Waals surface area contributed by atoms with Crippen molar-refractivity contribution in [1.82, 2.24) is 19.9 Å². The maximum absolute atomic E-state index is 4.52. The van der Waals surface area contributed by atoms with Crippen LogP contribution in [0.5, 0.6) is 0 Å². The molecule has 0 bridgehead atoms. The Morgan fingerprint density at radius 1 is 1.53 bits per heavy atom. The van der Waals surface area contributed by atoms with Crippen molar-refractivity contribution in [3.63, 3.8) is 0 Å². The van der Waals surface area contributed by atoms with Gasteiger partial charge in [-0.3, -0.25) is 0 Å². The summed E-state index contributed by atoms with van der Waals surface area (Å²) in [6, 6.07) is 2.06. The molecule has 1 aliphatic heterocycles. The first-order chi connectivity index (χ1) is 8.36. The molecule has 2 aromatic rings. The Balaban J connectivity index is 1.94. The largest absolute Gasteiger partial charge is 0.316 e. The van der Waals surface area contributed by atoms with E-state index in [1.807, 2.05) is 10.7 Å². The van der Waals surface area contributed by atoms with Gasteiger partial charge in [0, 0.05) is 25.0 Å². The Morgan fingerprint density at radius 2 is 2.47 bits per heavy atom. The van der Waals surface area contributed by atoms with Crippen LogP contribution >= 0.6 is 0 Å². The van der Waals surface area contributed by atoms with Gasteiger partial charge in [-0.2, -0.15) is 5.10 Å². The lowest BCUT2D eigenvalue weighted by Crippen LogP contribution is -2.28. The minimum absolute atomic E-state index is 0.593. The fourth-order valence-corrected chi connectivity index (χ4v) is 2.46. The van der Waals surface area contributed by atoms with E-state index in [2.05, 4.69) is 34.6 Å².